The van der Waals surface area contributed by atoms with Gasteiger partial charge in [0.05, 0.1) is 12.3 Å². The number of oxime groups is 1. The quantitative estimate of drug-likeness (QED) is 0.466. The van der Waals surface area contributed by atoms with E-state index in [1.807, 2.05) is 31.2 Å². The van der Waals surface area contributed by atoms with Gasteiger partial charge in [-0.25, -0.2) is 0 Å². The first-order chi connectivity index (χ1) is 8.27. The van der Waals surface area contributed by atoms with E-state index in [0.29, 0.717) is 6.61 Å². The summed E-state index contributed by atoms with van der Waals surface area (Å²) in [6.45, 7) is 2.36. The number of benzene rings is 1. The lowest BCUT2D eigenvalue weighted by molar-refractivity contribution is 0.213. The summed E-state index contributed by atoms with van der Waals surface area (Å²) in [5.74, 6) is 0.779. The predicted molar refractivity (Wildman–Crippen MR) is 67.4 cm³/mol. The maximum atomic E-state index is 8.54. The maximum Gasteiger partial charge on any atom is 0.119 e. The third kappa shape index (κ3) is 4.70. The molecule has 1 N–H and O–H groups in total. The summed E-state index contributed by atoms with van der Waals surface area (Å²) in [5, 5.41) is 12.4. The van der Waals surface area contributed by atoms with Gasteiger partial charge in [0.2, 0.25) is 0 Å². The van der Waals surface area contributed by atoms with Gasteiger partial charge in [-0.3, -0.25) is 0 Å². The van der Waals surface area contributed by atoms with Crippen molar-refractivity contribution in [3.63, 3.8) is 0 Å². The number of aliphatic hydroxyl groups excluding tert-OH is 1. The average molecular weight is 235 g/mol. The van der Waals surface area contributed by atoms with Crippen LogP contribution in [-0.4, -0.2) is 31.1 Å². The van der Waals surface area contributed by atoms with Crippen molar-refractivity contribution in [3.05, 3.63) is 42.0 Å². The summed E-state index contributed by atoms with van der Waals surface area (Å²) >= 11 is 0. The van der Waals surface area contributed by atoms with Crippen molar-refractivity contribution in [2.24, 2.45) is 5.16 Å². The summed E-state index contributed by atoms with van der Waals surface area (Å²) in [6.07, 6.45) is 3.41. The molecule has 0 bridgehead atoms. The summed E-state index contributed by atoms with van der Waals surface area (Å²) in [7, 11) is 1.52. The molecule has 0 aromatic heterocycles. The molecule has 0 atom stereocenters. The molecule has 0 unspecified atom stereocenters. The van der Waals surface area contributed by atoms with Crippen LogP contribution in [0.3, 0.4) is 0 Å². The zero-order chi connectivity index (χ0) is 12.5. The monoisotopic (exact) mass is 235 g/mol. The van der Waals surface area contributed by atoms with E-state index in [1.165, 1.54) is 7.11 Å². The van der Waals surface area contributed by atoms with Crippen molar-refractivity contribution in [2.75, 3.05) is 20.3 Å². The number of hydrogen-bond acceptors (Lipinski definition) is 4. The number of ether oxygens (including phenoxy) is 1. The molecule has 17 heavy (non-hydrogen) atoms. The van der Waals surface area contributed by atoms with Gasteiger partial charge in [-0.2, -0.15) is 0 Å². The van der Waals surface area contributed by atoms with Gasteiger partial charge in [-0.15, -0.1) is 0 Å². The highest BCUT2D eigenvalue weighted by molar-refractivity contribution is 5.98. The van der Waals surface area contributed by atoms with Crippen LogP contribution in [0.5, 0.6) is 5.75 Å². The van der Waals surface area contributed by atoms with Gasteiger partial charge in [-0.1, -0.05) is 11.2 Å². The highest BCUT2D eigenvalue weighted by atomic mass is 16.6. The zero-order valence-electron chi connectivity index (χ0n) is 10.1. The minimum absolute atomic E-state index is 0.0367. The molecule has 0 heterocycles. The van der Waals surface area contributed by atoms with Crippen LogP contribution in [0.25, 0.3) is 0 Å². The Morgan fingerprint density at radius 3 is 2.59 bits per heavy atom. The highest BCUT2D eigenvalue weighted by Crippen LogP contribution is 2.12. The van der Waals surface area contributed by atoms with Crippen LogP contribution in [0.1, 0.15) is 12.5 Å². The first kappa shape index (κ1) is 13.3. The lowest BCUT2D eigenvalue weighted by atomic mass is 10.1. The molecule has 0 amide bonds. The number of nitrogens with zero attached hydrogens (tertiary/aromatic N) is 1. The molecule has 0 radical (unpaired) electrons. The molecule has 1 aromatic carbocycles. The summed E-state index contributed by atoms with van der Waals surface area (Å²) in [6, 6.07) is 7.58. The second-order valence-corrected chi connectivity index (χ2v) is 3.35. The van der Waals surface area contributed by atoms with E-state index in [-0.39, 0.29) is 6.61 Å². The van der Waals surface area contributed by atoms with Gasteiger partial charge in [0.15, 0.2) is 0 Å². The first-order valence-corrected chi connectivity index (χ1v) is 5.34. The number of hydrogen-bond donors (Lipinski definition) is 1. The minimum Gasteiger partial charge on any atom is -0.490 e. The van der Waals surface area contributed by atoms with Crippen LogP contribution < -0.4 is 4.74 Å². The largest absolute Gasteiger partial charge is 0.490 e. The Morgan fingerprint density at radius 2 is 2.00 bits per heavy atom. The molecule has 0 spiro atoms. The van der Waals surface area contributed by atoms with Crippen LogP contribution in [0, 0.1) is 0 Å². The molecular weight excluding hydrogens is 218 g/mol. The zero-order valence-corrected chi connectivity index (χ0v) is 10.1. The Morgan fingerprint density at radius 1 is 1.29 bits per heavy atom. The molecule has 1 aromatic rings. The van der Waals surface area contributed by atoms with Crippen molar-refractivity contribution in [2.45, 2.75) is 6.92 Å². The van der Waals surface area contributed by atoms with E-state index in [9.17, 15) is 0 Å². The molecule has 0 aliphatic carbocycles. The molecule has 92 valence electrons. The van der Waals surface area contributed by atoms with Crippen molar-refractivity contribution in [1.82, 2.24) is 0 Å². The first-order valence-electron chi connectivity index (χ1n) is 5.34. The third-order valence-electron chi connectivity index (χ3n) is 2.12. The van der Waals surface area contributed by atoms with Crippen LogP contribution in [-0.2, 0) is 4.84 Å². The lowest BCUT2D eigenvalue weighted by Gasteiger charge is -2.04. The molecule has 1 rings (SSSR count). The van der Waals surface area contributed by atoms with Gasteiger partial charge in [-0.05, 0) is 42.8 Å². The standard InChI is InChI=1S/C13H17NO3/c1-11(14-16-2)12-5-7-13(8-6-12)17-10-4-3-9-15/h3-8,15H,9-10H2,1-2H3/b4-3+,14-11+. The van der Waals surface area contributed by atoms with Crippen LogP contribution >= 0.6 is 0 Å². The van der Waals surface area contributed by atoms with Gasteiger partial charge in [0.1, 0.15) is 19.5 Å². The Bertz CT molecular complexity index is 382. The van der Waals surface area contributed by atoms with Crippen LogP contribution in [0.15, 0.2) is 41.6 Å². The van der Waals surface area contributed by atoms with Gasteiger partial charge in [0, 0.05) is 0 Å². The van der Waals surface area contributed by atoms with Gasteiger partial charge < -0.3 is 14.7 Å². The third-order valence-corrected chi connectivity index (χ3v) is 2.12. The van der Waals surface area contributed by atoms with E-state index >= 15 is 0 Å². The van der Waals surface area contributed by atoms with E-state index in [0.717, 1.165) is 17.0 Å². The fourth-order valence-corrected chi connectivity index (χ4v) is 1.27. The lowest BCUT2D eigenvalue weighted by Crippen LogP contribution is -1.97. The Hall–Kier alpha value is -1.81. The van der Waals surface area contributed by atoms with E-state index in [2.05, 4.69) is 5.16 Å². The van der Waals surface area contributed by atoms with E-state index in [1.54, 1.807) is 12.2 Å². The topological polar surface area (TPSA) is 51.0 Å². The summed E-state index contributed by atoms with van der Waals surface area (Å²) in [4.78, 5) is 4.70. The number of aliphatic hydroxyl groups is 1. The molecule has 0 saturated carbocycles. The van der Waals surface area contributed by atoms with Crippen molar-refractivity contribution in [1.29, 1.82) is 0 Å². The van der Waals surface area contributed by atoms with Crippen molar-refractivity contribution < 1.29 is 14.7 Å². The Kier molecular flexibility index (Phi) is 5.82. The average Bonchev–Trinajstić information content (AvgIpc) is 2.36. The van der Waals surface area contributed by atoms with E-state index in [4.69, 9.17) is 14.7 Å². The minimum atomic E-state index is 0.0367. The normalized spacial score (nSPS) is 11.8. The summed E-state index contributed by atoms with van der Waals surface area (Å²) in [5.41, 5.74) is 1.81. The maximum absolute atomic E-state index is 8.54. The van der Waals surface area contributed by atoms with Crippen molar-refractivity contribution in [3.8, 4) is 5.75 Å². The second kappa shape index (κ2) is 7.46. The molecule has 0 aliphatic heterocycles. The summed E-state index contributed by atoms with van der Waals surface area (Å²) < 4.78 is 5.43. The molecular formula is C13H17NO3. The fraction of sp³-hybridized carbons (Fsp3) is 0.308. The molecule has 4 nitrogen and oxygen atoms in total. The molecule has 0 fully saturated rings. The molecule has 0 saturated heterocycles. The Balaban J connectivity index is 2.56. The smallest absolute Gasteiger partial charge is 0.119 e. The second-order valence-electron chi connectivity index (χ2n) is 3.35. The highest BCUT2D eigenvalue weighted by Gasteiger charge is 1.98. The van der Waals surface area contributed by atoms with Crippen LogP contribution in [0.4, 0.5) is 0 Å². The molecule has 4 heteroatoms. The predicted octanol–water partition coefficient (Wildman–Crippen LogP) is 1.98. The van der Waals surface area contributed by atoms with Gasteiger partial charge >= 0.3 is 0 Å². The van der Waals surface area contributed by atoms with Crippen LogP contribution in [0.2, 0.25) is 0 Å². The van der Waals surface area contributed by atoms with Gasteiger partial charge in [0.25, 0.3) is 0 Å². The SMILES string of the molecule is CO/N=C(\C)c1ccc(OC/C=C/CO)cc1. The Labute approximate surface area is 101 Å². The number of rotatable bonds is 6. The fourth-order valence-electron chi connectivity index (χ4n) is 1.27. The van der Waals surface area contributed by atoms with Crippen molar-refractivity contribution >= 4 is 5.71 Å². The van der Waals surface area contributed by atoms with E-state index < -0.39 is 0 Å². The molecule has 0 aliphatic rings.